The van der Waals surface area contributed by atoms with Gasteiger partial charge in [0.2, 0.25) is 11.1 Å². The molecule has 1 N–H and O–H groups in total. The maximum atomic E-state index is 13.7. The number of allylic oxidation sites excluding steroid dienone is 2. The van der Waals surface area contributed by atoms with Crippen molar-refractivity contribution >= 4 is 23.5 Å². The number of Topliss-reactive ketones (excluding diaryl/α,β-unsaturated/α-hetero) is 1. The second kappa shape index (κ2) is 8.13. The zero-order valence-corrected chi connectivity index (χ0v) is 20.1. The van der Waals surface area contributed by atoms with Crippen molar-refractivity contribution in [1.29, 1.82) is 0 Å². The first kappa shape index (κ1) is 21.9. The minimum Gasteiger partial charge on any atom is -0.328 e. The van der Waals surface area contributed by atoms with Crippen LogP contribution in [-0.4, -0.2) is 20.5 Å². The van der Waals surface area contributed by atoms with Gasteiger partial charge in [-0.15, -0.1) is 5.10 Å². The molecule has 170 valence electrons. The lowest BCUT2D eigenvalue weighted by Crippen LogP contribution is -2.36. The van der Waals surface area contributed by atoms with E-state index in [4.69, 9.17) is 10.1 Å². The van der Waals surface area contributed by atoms with Crippen LogP contribution in [0.2, 0.25) is 0 Å². The molecule has 5 rings (SSSR count). The van der Waals surface area contributed by atoms with Gasteiger partial charge in [-0.05, 0) is 54.5 Å². The van der Waals surface area contributed by atoms with Crippen molar-refractivity contribution in [3.63, 3.8) is 0 Å². The Balaban J connectivity index is 1.52. The summed E-state index contributed by atoms with van der Waals surface area (Å²) in [6.07, 6.45) is 1.23. The van der Waals surface area contributed by atoms with Crippen molar-refractivity contribution in [3.05, 3.63) is 81.8 Å². The molecule has 0 saturated heterocycles. The van der Waals surface area contributed by atoms with Crippen LogP contribution >= 0.6 is 11.8 Å². The maximum Gasteiger partial charge on any atom is 0.227 e. The topological polar surface area (TPSA) is 59.8 Å². The minimum atomic E-state index is -0.414. The van der Waals surface area contributed by atoms with Crippen LogP contribution in [0.3, 0.4) is 0 Å². The fourth-order valence-electron chi connectivity index (χ4n) is 4.70. The van der Waals surface area contributed by atoms with E-state index in [-0.39, 0.29) is 17.0 Å². The predicted octanol–water partition coefficient (Wildman–Crippen LogP) is 5.98. The van der Waals surface area contributed by atoms with Crippen molar-refractivity contribution in [2.75, 3.05) is 5.32 Å². The monoisotopic (exact) mass is 462 g/mol. The highest BCUT2D eigenvalue weighted by Gasteiger charge is 2.41. The summed E-state index contributed by atoms with van der Waals surface area (Å²) in [5, 5.41) is 8.83. The maximum absolute atomic E-state index is 13.7. The highest BCUT2D eigenvalue weighted by Crippen LogP contribution is 2.45. The van der Waals surface area contributed by atoms with Crippen molar-refractivity contribution in [2.45, 2.75) is 57.5 Å². The summed E-state index contributed by atoms with van der Waals surface area (Å²) < 4.78 is 15.4. The molecule has 0 bridgehead atoms. The molecule has 1 aliphatic heterocycles. The van der Waals surface area contributed by atoms with E-state index in [1.807, 2.05) is 0 Å². The molecule has 2 aliphatic rings. The molecule has 5 nitrogen and oxygen atoms in total. The van der Waals surface area contributed by atoms with Gasteiger partial charge in [-0.1, -0.05) is 61.5 Å². The fraction of sp³-hybridized carbons (Fsp3) is 0.346. The van der Waals surface area contributed by atoms with E-state index in [2.05, 4.69) is 51.2 Å². The Kier molecular flexibility index (Phi) is 5.40. The smallest absolute Gasteiger partial charge is 0.227 e. The van der Waals surface area contributed by atoms with Gasteiger partial charge in [0.1, 0.15) is 11.9 Å². The average Bonchev–Trinajstić information content (AvgIpc) is 3.15. The zero-order chi connectivity index (χ0) is 23.3. The van der Waals surface area contributed by atoms with Crippen LogP contribution in [0.1, 0.15) is 55.0 Å². The first-order valence-electron chi connectivity index (χ1n) is 11.1. The number of benzene rings is 2. The molecule has 3 aromatic rings. The normalized spacial score (nSPS) is 19.2. The molecule has 0 amide bonds. The quantitative estimate of drug-likeness (QED) is 0.483. The number of rotatable bonds is 4. The highest BCUT2D eigenvalue weighted by molar-refractivity contribution is 7.98. The molecule has 33 heavy (non-hydrogen) atoms. The second-order valence-electron chi connectivity index (χ2n) is 9.79. The number of carbonyl (C=O) groups excluding carboxylic acids is 1. The van der Waals surface area contributed by atoms with E-state index in [1.54, 1.807) is 28.6 Å². The third-order valence-corrected chi connectivity index (χ3v) is 7.25. The first-order chi connectivity index (χ1) is 15.7. The SMILES string of the molecule is Cc1ccc(C)c(CSc2nc3n(n2)[C@@H](c2ccc(F)cc2)C2=C(CC(C)(C)CC2=O)N3)c1. The first-order valence-corrected chi connectivity index (χ1v) is 12.1. The van der Waals surface area contributed by atoms with Gasteiger partial charge in [0.25, 0.3) is 0 Å². The van der Waals surface area contributed by atoms with Crippen molar-refractivity contribution in [3.8, 4) is 0 Å². The van der Waals surface area contributed by atoms with Crippen molar-refractivity contribution < 1.29 is 9.18 Å². The van der Waals surface area contributed by atoms with Gasteiger partial charge in [-0.2, -0.15) is 4.98 Å². The van der Waals surface area contributed by atoms with Gasteiger partial charge < -0.3 is 5.32 Å². The second-order valence-corrected chi connectivity index (χ2v) is 10.7. The van der Waals surface area contributed by atoms with Gasteiger partial charge in [0.15, 0.2) is 5.78 Å². The largest absolute Gasteiger partial charge is 0.328 e. The molecule has 0 spiro atoms. The van der Waals surface area contributed by atoms with Crippen LogP contribution in [-0.2, 0) is 10.5 Å². The molecule has 0 fully saturated rings. The molecular weight excluding hydrogens is 435 g/mol. The number of hydrogen-bond acceptors (Lipinski definition) is 5. The Hall–Kier alpha value is -2.93. The summed E-state index contributed by atoms with van der Waals surface area (Å²) in [6.45, 7) is 8.41. The molecule has 0 saturated carbocycles. The van der Waals surface area contributed by atoms with E-state index >= 15 is 0 Å². The Bertz CT molecular complexity index is 1280. The van der Waals surface area contributed by atoms with Crippen molar-refractivity contribution in [2.24, 2.45) is 5.41 Å². The lowest BCUT2D eigenvalue weighted by molar-refractivity contribution is -0.118. The molecule has 2 aromatic carbocycles. The predicted molar refractivity (Wildman–Crippen MR) is 129 cm³/mol. The molecular formula is C26H27FN4OS. The number of nitrogens with one attached hydrogen (secondary N) is 1. The van der Waals surface area contributed by atoms with E-state index in [0.717, 1.165) is 23.4 Å². The fourth-order valence-corrected chi connectivity index (χ4v) is 5.59. The van der Waals surface area contributed by atoms with Gasteiger partial charge in [-0.3, -0.25) is 4.79 Å². The summed E-state index contributed by atoms with van der Waals surface area (Å²) in [7, 11) is 0. The van der Waals surface area contributed by atoms with Crippen LogP contribution < -0.4 is 5.32 Å². The third-order valence-electron chi connectivity index (χ3n) is 6.36. The number of aromatic nitrogens is 3. The Morgan fingerprint density at radius 3 is 2.67 bits per heavy atom. The number of halogens is 1. The van der Waals surface area contributed by atoms with Gasteiger partial charge in [0.05, 0.1) is 0 Å². The van der Waals surface area contributed by atoms with Crippen LogP contribution in [0.15, 0.2) is 58.9 Å². The molecule has 0 unspecified atom stereocenters. The molecule has 1 aliphatic carbocycles. The molecule has 1 atom stereocenters. The lowest BCUT2D eigenvalue weighted by atomic mass is 9.73. The molecule has 2 heterocycles. The summed E-state index contributed by atoms with van der Waals surface area (Å²) >= 11 is 1.58. The number of fused-ring (bicyclic) bond motifs is 1. The number of anilines is 1. The van der Waals surface area contributed by atoms with Gasteiger partial charge in [0, 0.05) is 23.4 Å². The Morgan fingerprint density at radius 2 is 1.91 bits per heavy atom. The van der Waals surface area contributed by atoms with Crippen LogP contribution in [0.4, 0.5) is 10.3 Å². The van der Waals surface area contributed by atoms with E-state index in [9.17, 15) is 9.18 Å². The van der Waals surface area contributed by atoms with Gasteiger partial charge >= 0.3 is 0 Å². The number of nitrogens with zero attached hydrogens (tertiary/aromatic N) is 3. The van der Waals surface area contributed by atoms with E-state index < -0.39 is 6.04 Å². The number of aryl methyl sites for hydroxylation is 2. The number of carbonyl (C=O) groups is 1. The number of thioether (sulfide) groups is 1. The van der Waals surface area contributed by atoms with Crippen LogP contribution in [0.25, 0.3) is 0 Å². The van der Waals surface area contributed by atoms with E-state index in [0.29, 0.717) is 23.1 Å². The van der Waals surface area contributed by atoms with Crippen molar-refractivity contribution in [1.82, 2.24) is 14.8 Å². The minimum absolute atomic E-state index is 0.105. The highest BCUT2D eigenvalue weighted by atomic mass is 32.2. The molecule has 1 aromatic heterocycles. The Morgan fingerprint density at radius 1 is 1.15 bits per heavy atom. The summed E-state index contributed by atoms with van der Waals surface area (Å²) in [6, 6.07) is 12.4. The summed E-state index contributed by atoms with van der Waals surface area (Å²) in [4.78, 5) is 18.0. The third kappa shape index (κ3) is 4.22. The summed E-state index contributed by atoms with van der Waals surface area (Å²) in [5.74, 6) is 1.18. The Labute approximate surface area is 197 Å². The lowest BCUT2D eigenvalue weighted by Gasteiger charge is -2.38. The molecule has 0 radical (unpaired) electrons. The van der Waals surface area contributed by atoms with Gasteiger partial charge in [-0.25, -0.2) is 9.07 Å². The zero-order valence-electron chi connectivity index (χ0n) is 19.3. The number of ketones is 1. The number of hydrogen-bond donors (Lipinski definition) is 1. The average molecular weight is 463 g/mol. The standard InChI is InChI=1S/C26H27FN4OS/c1-15-5-6-16(2)18(11-15)14-33-25-29-24-28-20-12-26(3,4)13-21(32)22(20)23(31(24)30-25)17-7-9-19(27)10-8-17/h5-11,23H,12-14H2,1-4H3,(H,28,29,30)/t23-/m0/s1. The van der Waals surface area contributed by atoms with E-state index in [1.165, 1.54) is 28.8 Å². The molecule has 7 heteroatoms. The van der Waals surface area contributed by atoms with Crippen LogP contribution in [0.5, 0.6) is 0 Å². The van der Waals surface area contributed by atoms with Crippen LogP contribution in [0, 0.1) is 25.1 Å². The summed E-state index contributed by atoms with van der Waals surface area (Å²) in [5.41, 5.74) is 6.04.